The topological polar surface area (TPSA) is 112 Å². The number of ether oxygens (including phenoxy) is 1. The number of imidazole rings is 2. The molecule has 0 bridgehead atoms. The third-order valence-corrected chi connectivity index (χ3v) is 8.48. The summed E-state index contributed by atoms with van der Waals surface area (Å²) in [5.41, 5.74) is 5.54. The summed E-state index contributed by atoms with van der Waals surface area (Å²) in [6, 6.07) is 17.8. The molecule has 5 aromatic rings. The lowest BCUT2D eigenvalue weighted by atomic mass is 10.1. The van der Waals surface area contributed by atoms with Gasteiger partial charge in [0.05, 0.1) is 71.3 Å². The van der Waals surface area contributed by atoms with Crippen LogP contribution in [0.5, 0.6) is 0 Å². The number of rotatable bonds is 8. The second-order valence-corrected chi connectivity index (χ2v) is 11.2. The Bertz CT molecular complexity index is 1880. The van der Waals surface area contributed by atoms with Gasteiger partial charge in [0.15, 0.2) is 0 Å². The van der Waals surface area contributed by atoms with Gasteiger partial charge in [-0.15, -0.1) is 0 Å². The van der Waals surface area contributed by atoms with Crippen molar-refractivity contribution in [3.63, 3.8) is 0 Å². The minimum absolute atomic E-state index is 0.123. The summed E-state index contributed by atoms with van der Waals surface area (Å²) >= 11 is 0. The third kappa shape index (κ3) is 5.31. The number of nitrogens with zero attached hydrogens (tertiary/aromatic N) is 7. The van der Waals surface area contributed by atoms with Crippen molar-refractivity contribution >= 4 is 33.7 Å². The summed E-state index contributed by atoms with van der Waals surface area (Å²) < 4.78 is 24.3. The molecular formula is C32H30FN7O3. The maximum Gasteiger partial charge on any atom is 0.335 e. The van der Waals surface area contributed by atoms with Gasteiger partial charge in [-0.25, -0.2) is 19.2 Å². The van der Waals surface area contributed by atoms with E-state index in [-0.39, 0.29) is 11.7 Å². The normalized spacial score (nSPS) is 17.3. The molecule has 2 aromatic heterocycles. The molecule has 0 amide bonds. The molecule has 218 valence electrons. The van der Waals surface area contributed by atoms with E-state index in [0.29, 0.717) is 30.8 Å². The van der Waals surface area contributed by atoms with E-state index >= 15 is 0 Å². The van der Waals surface area contributed by atoms with E-state index in [9.17, 15) is 14.3 Å². The van der Waals surface area contributed by atoms with Gasteiger partial charge in [0.1, 0.15) is 11.6 Å². The van der Waals surface area contributed by atoms with Crippen molar-refractivity contribution in [3.8, 4) is 6.07 Å². The number of anilines is 1. The van der Waals surface area contributed by atoms with Crippen LogP contribution in [-0.4, -0.2) is 74.0 Å². The van der Waals surface area contributed by atoms with Crippen molar-refractivity contribution in [1.29, 1.82) is 5.26 Å². The highest BCUT2D eigenvalue weighted by Crippen LogP contribution is 2.26. The van der Waals surface area contributed by atoms with Crippen molar-refractivity contribution in [3.05, 3.63) is 89.3 Å². The largest absolute Gasteiger partial charge is 0.478 e. The molecular weight excluding hydrogens is 549 g/mol. The zero-order chi connectivity index (χ0) is 29.5. The first-order chi connectivity index (χ1) is 20.9. The Hall–Kier alpha value is -4.79. The average molecular weight is 580 g/mol. The molecule has 0 spiro atoms. The number of hydrogen-bond donors (Lipinski definition) is 1. The van der Waals surface area contributed by atoms with E-state index in [1.165, 1.54) is 6.07 Å². The van der Waals surface area contributed by atoms with Crippen LogP contribution < -0.4 is 4.90 Å². The van der Waals surface area contributed by atoms with E-state index in [2.05, 4.69) is 31.5 Å². The number of nitriles is 1. The quantitative estimate of drug-likeness (QED) is 0.290. The Morgan fingerprint density at radius 1 is 1.02 bits per heavy atom. The summed E-state index contributed by atoms with van der Waals surface area (Å²) in [5, 5.41) is 18.6. The molecule has 2 aliphatic rings. The highest BCUT2D eigenvalue weighted by atomic mass is 19.1. The summed E-state index contributed by atoms with van der Waals surface area (Å²) in [4.78, 5) is 25.7. The number of benzene rings is 3. The molecule has 0 saturated carbocycles. The number of carboxylic acids is 1. The van der Waals surface area contributed by atoms with Gasteiger partial charge < -0.3 is 23.9 Å². The minimum atomic E-state index is -0.949. The first-order valence-electron chi connectivity index (χ1n) is 14.4. The van der Waals surface area contributed by atoms with Crippen molar-refractivity contribution in [2.45, 2.75) is 32.2 Å². The number of carboxylic acid groups (broad SMARTS) is 1. The van der Waals surface area contributed by atoms with Crippen LogP contribution in [-0.2, 0) is 24.4 Å². The summed E-state index contributed by atoms with van der Waals surface area (Å²) in [6.07, 6.45) is 2.84. The lowest BCUT2D eigenvalue weighted by Crippen LogP contribution is -2.46. The van der Waals surface area contributed by atoms with Crippen LogP contribution in [0.15, 0.2) is 60.9 Å². The predicted molar refractivity (Wildman–Crippen MR) is 158 cm³/mol. The standard InChI is InChI=1S/C32H30FN7O3/c33-26-13-21(16-34)1-2-23(26)17-39-20-35-27-6-4-24(15-29(27)39)38-10-8-37(9-11-38)19-31-36-28-5-3-22(32(41)42)14-30(28)40(31)18-25-7-12-43-25/h1-6,13-15,20,25H,7-12,17-19H2,(H,41,42)/t25-/m0/s1. The van der Waals surface area contributed by atoms with Gasteiger partial charge >= 0.3 is 5.97 Å². The summed E-state index contributed by atoms with van der Waals surface area (Å²) in [6.45, 7) is 5.76. The number of aromatic nitrogens is 4. The van der Waals surface area contributed by atoms with Crippen LogP contribution in [0.3, 0.4) is 0 Å². The average Bonchev–Trinajstić information content (AvgIpc) is 3.55. The molecule has 4 heterocycles. The molecule has 1 atom stereocenters. The minimum Gasteiger partial charge on any atom is -0.478 e. The van der Waals surface area contributed by atoms with E-state index in [4.69, 9.17) is 15.0 Å². The smallest absolute Gasteiger partial charge is 0.335 e. The van der Waals surface area contributed by atoms with Crippen molar-refractivity contribution in [2.24, 2.45) is 0 Å². The van der Waals surface area contributed by atoms with Crippen molar-refractivity contribution in [1.82, 2.24) is 24.0 Å². The van der Waals surface area contributed by atoms with E-state index < -0.39 is 11.8 Å². The Morgan fingerprint density at radius 2 is 1.84 bits per heavy atom. The second-order valence-electron chi connectivity index (χ2n) is 11.2. The van der Waals surface area contributed by atoms with Crippen LogP contribution in [0.25, 0.3) is 22.1 Å². The zero-order valence-corrected chi connectivity index (χ0v) is 23.5. The van der Waals surface area contributed by atoms with Gasteiger partial charge in [0, 0.05) is 44.0 Å². The van der Waals surface area contributed by atoms with Gasteiger partial charge in [-0.05, 0) is 55.0 Å². The van der Waals surface area contributed by atoms with Gasteiger partial charge in [0.25, 0.3) is 0 Å². The summed E-state index contributed by atoms with van der Waals surface area (Å²) in [5.74, 6) is -0.430. The monoisotopic (exact) mass is 579 g/mol. The van der Waals surface area contributed by atoms with Crippen LogP contribution in [0.2, 0.25) is 0 Å². The SMILES string of the molecule is N#Cc1ccc(Cn2cnc3ccc(N4CCN(Cc5nc6ccc(C(=O)O)cc6n5C[C@@H]5CCO5)CC4)cc32)c(F)c1. The number of fused-ring (bicyclic) bond motifs is 2. The Morgan fingerprint density at radius 3 is 2.56 bits per heavy atom. The molecule has 2 saturated heterocycles. The number of hydrogen-bond acceptors (Lipinski definition) is 7. The molecule has 43 heavy (non-hydrogen) atoms. The highest BCUT2D eigenvalue weighted by Gasteiger charge is 2.25. The van der Waals surface area contributed by atoms with E-state index in [0.717, 1.165) is 72.8 Å². The van der Waals surface area contributed by atoms with Gasteiger partial charge in [0.2, 0.25) is 0 Å². The Balaban J connectivity index is 1.06. The molecule has 1 N–H and O–H groups in total. The van der Waals surface area contributed by atoms with Gasteiger partial charge in [-0.1, -0.05) is 6.07 Å². The number of piperazine rings is 1. The Labute approximate surface area is 247 Å². The van der Waals surface area contributed by atoms with E-state index in [1.54, 1.807) is 36.7 Å². The second kappa shape index (κ2) is 11.1. The lowest BCUT2D eigenvalue weighted by Gasteiger charge is -2.36. The molecule has 3 aromatic carbocycles. The highest BCUT2D eigenvalue weighted by molar-refractivity contribution is 5.92. The molecule has 7 rings (SSSR count). The van der Waals surface area contributed by atoms with Crippen LogP contribution >= 0.6 is 0 Å². The van der Waals surface area contributed by atoms with Crippen LogP contribution in [0, 0.1) is 17.1 Å². The number of halogens is 1. The van der Waals surface area contributed by atoms with Gasteiger partial charge in [-0.3, -0.25) is 4.90 Å². The van der Waals surface area contributed by atoms with Crippen LogP contribution in [0.1, 0.15) is 33.7 Å². The molecule has 0 unspecified atom stereocenters. The first kappa shape index (κ1) is 27.1. The first-order valence-corrected chi connectivity index (χ1v) is 14.4. The predicted octanol–water partition coefficient (Wildman–Crippen LogP) is 4.25. The molecule has 11 heteroatoms. The fourth-order valence-corrected chi connectivity index (χ4v) is 5.92. The fraction of sp³-hybridized carbons (Fsp3) is 0.312. The zero-order valence-electron chi connectivity index (χ0n) is 23.5. The third-order valence-electron chi connectivity index (χ3n) is 8.48. The molecule has 2 aliphatic heterocycles. The molecule has 2 fully saturated rings. The molecule has 10 nitrogen and oxygen atoms in total. The molecule has 0 aliphatic carbocycles. The summed E-state index contributed by atoms with van der Waals surface area (Å²) in [7, 11) is 0. The van der Waals surface area contributed by atoms with E-state index in [1.807, 2.05) is 16.7 Å². The number of carbonyl (C=O) groups is 1. The fourth-order valence-electron chi connectivity index (χ4n) is 5.92. The van der Waals surface area contributed by atoms with Crippen molar-refractivity contribution < 1.29 is 19.0 Å². The number of aromatic carboxylic acids is 1. The van der Waals surface area contributed by atoms with Gasteiger partial charge in [-0.2, -0.15) is 5.26 Å². The maximum atomic E-state index is 14.6. The molecule has 0 radical (unpaired) electrons. The van der Waals surface area contributed by atoms with Crippen LogP contribution in [0.4, 0.5) is 10.1 Å². The Kier molecular flexibility index (Phi) is 7.01. The van der Waals surface area contributed by atoms with Crippen molar-refractivity contribution in [2.75, 3.05) is 37.7 Å². The maximum absolute atomic E-state index is 14.6. The lowest BCUT2D eigenvalue weighted by molar-refractivity contribution is -0.0592.